The molecule has 0 unspecified atom stereocenters. The second-order valence-corrected chi connectivity index (χ2v) is 5.86. The van der Waals surface area contributed by atoms with Crippen molar-refractivity contribution in [2.75, 3.05) is 13.1 Å². The fraction of sp³-hybridized carbons (Fsp3) is 0.500. The average Bonchev–Trinajstić information content (AvgIpc) is 2.54. The average molecular weight is 315 g/mol. The lowest BCUT2D eigenvalue weighted by atomic mass is 10.0. The summed E-state index contributed by atoms with van der Waals surface area (Å²) in [7, 11) is 0. The molecule has 0 saturated carbocycles. The van der Waals surface area contributed by atoms with Crippen molar-refractivity contribution in [3.05, 3.63) is 35.4 Å². The van der Waals surface area contributed by atoms with Gasteiger partial charge in [0, 0.05) is 18.7 Å². The molecule has 0 aliphatic rings. The number of amides is 2. The summed E-state index contributed by atoms with van der Waals surface area (Å²) in [6, 6.07) is 7.88. The van der Waals surface area contributed by atoms with Crippen LogP contribution >= 0.6 is 0 Å². The zero-order chi connectivity index (χ0) is 17.4. The van der Waals surface area contributed by atoms with Gasteiger partial charge in [-0.15, -0.1) is 0 Å². The summed E-state index contributed by atoms with van der Waals surface area (Å²) in [4.78, 5) is 26.7. The minimum Gasteiger partial charge on any atom is -0.341 e. The molecular formula is C18H25N3O2. The van der Waals surface area contributed by atoms with Gasteiger partial charge in [-0.2, -0.15) is 5.26 Å². The number of rotatable bonds is 7. The van der Waals surface area contributed by atoms with Crippen molar-refractivity contribution >= 4 is 11.8 Å². The van der Waals surface area contributed by atoms with E-state index < -0.39 is 6.04 Å². The molecule has 0 aliphatic carbocycles. The largest absolute Gasteiger partial charge is 0.341 e. The number of likely N-dealkylation sites (N-methyl/N-ethyl adjacent to an activating group) is 1. The molecule has 0 spiro atoms. The van der Waals surface area contributed by atoms with E-state index in [4.69, 9.17) is 5.26 Å². The Labute approximate surface area is 138 Å². The first-order valence-electron chi connectivity index (χ1n) is 8.02. The third kappa shape index (κ3) is 5.41. The van der Waals surface area contributed by atoms with Crippen molar-refractivity contribution in [3.63, 3.8) is 0 Å². The highest BCUT2D eigenvalue weighted by Crippen LogP contribution is 2.10. The molecule has 5 nitrogen and oxygen atoms in total. The zero-order valence-electron chi connectivity index (χ0n) is 14.3. The Morgan fingerprint density at radius 1 is 1.17 bits per heavy atom. The van der Waals surface area contributed by atoms with E-state index >= 15 is 0 Å². The Morgan fingerprint density at radius 3 is 2.17 bits per heavy atom. The third-order valence-electron chi connectivity index (χ3n) is 3.66. The molecule has 1 rings (SSSR count). The molecule has 0 radical (unpaired) electrons. The monoisotopic (exact) mass is 315 g/mol. The number of benzene rings is 1. The van der Waals surface area contributed by atoms with Crippen LogP contribution in [0.4, 0.5) is 0 Å². The fourth-order valence-electron chi connectivity index (χ4n) is 2.39. The highest BCUT2D eigenvalue weighted by molar-refractivity contribution is 5.97. The summed E-state index contributed by atoms with van der Waals surface area (Å²) in [5.74, 6) is -0.0490. The van der Waals surface area contributed by atoms with Gasteiger partial charge in [0.15, 0.2) is 0 Å². The van der Waals surface area contributed by atoms with Gasteiger partial charge >= 0.3 is 0 Å². The Hall–Kier alpha value is -2.35. The molecule has 1 aromatic carbocycles. The molecule has 0 aromatic heterocycles. The standard InChI is InChI=1S/C18H25N3O2/c1-5-21(6-2)18(23)16(11-13(3)4)20-17(22)15-9-7-14(12-19)8-10-15/h7-10,13,16H,5-6,11H2,1-4H3,(H,20,22)/t16-/m0/s1. The number of nitriles is 1. The van der Waals surface area contributed by atoms with E-state index in [1.807, 2.05) is 33.8 Å². The zero-order valence-corrected chi connectivity index (χ0v) is 14.3. The molecular weight excluding hydrogens is 290 g/mol. The van der Waals surface area contributed by atoms with Gasteiger partial charge in [0.05, 0.1) is 11.6 Å². The van der Waals surface area contributed by atoms with E-state index in [0.717, 1.165) is 0 Å². The van der Waals surface area contributed by atoms with E-state index in [-0.39, 0.29) is 11.8 Å². The van der Waals surface area contributed by atoms with Crippen LogP contribution in [0.25, 0.3) is 0 Å². The first kappa shape index (κ1) is 18.7. The molecule has 1 N–H and O–H groups in total. The molecule has 124 valence electrons. The topological polar surface area (TPSA) is 73.2 Å². The van der Waals surface area contributed by atoms with E-state index in [9.17, 15) is 9.59 Å². The van der Waals surface area contributed by atoms with Crippen LogP contribution in [0.1, 0.15) is 50.0 Å². The lowest BCUT2D eigenvalue weighted by Gasteiger charge is -2.27. The SMILES string of the molecule is CCN(CC)C(=O)[C@H](CC(C)C)NC(=O)c1ccc(C#N)cc1. The number of carbonyl (C=O) groups excluding carboxylic acids is 2. The van der Waals surface area contributed by atoms with E-state index in [1.54, 1.807) is 29.2 Å². The first-order chi connectivity index (χ1) is 10.9. The van der Waals surface area contributed by atoms with Gasteiger partial charge in [-0.05, 0) is 50.5 Å². The highest BCUT2D eigenvalue weighted by atomic mass is 16.2. The summed E-state index contributed by atoms with van der Waals surface area (Å²) in [6.07, 6.45) is 0.595. The van der Waals surface area contributed by atoms with Crippen LogP contribution in [-0.4, -0.2) is 35.8 Å². The number of hydrogen-bond donors (Lipinski definition) is 1. The predicted octanol–water partition coefficient (Wildman–Crippen LogP) is 2.57. The quantitative estimate of drug-likeness (QED) is 0.840. The van der Waals surface area contributed by atoms with E-state index in [1.165, 1.54) is 0 Å². The van der Waals surface area contributed by atoms with Crippen LogP contribution < -0.4 is 5.32 Å². The van der Waals surface area contributed by atoms with Crippen molar-refractivity contribution in [1.29, 1.82) is 5.26 Å². The molecule has 0 saturated heterocycles. The van der Waals surface area contributed by atoms with Gasteiger partial charge in [-0.1, -0.05) is 13.8 Å². The van der Waals surface area contributed by atoms with Crippen LogP contribution in [0.2, 0.25) is 0 Å². The Balaban J connectivity index is 2.89. The number of hydrogen-bond acceptors (Lipinski definition) is 3. The lowest BCUT2D eigenvalue weighted by molar-refractivity contribution is -0.133. The smallest absolute Gasteiger partial charge is 0.251 e. The summed E-state index contributed by atoms with van der Waals surface area (Å²) in [6.45, 7) is 9.15. The maximum Gasteiger partial charge on any atom is 0.251 e. The number of nitrogens with zero attached hydrogens (tertiary/aromatic N) is 2. The lowest BCUT2D eigenvalue weighted by Crippen LogP contribution is -2.49. The molecule has 1 atom stereocenters. The second-order valence-electron chi connectivity index (χ2n) is 5.86. The maximum atomic E-state index is 12.6. The van der Waals surface area contributed by atoms with Crippen LogP contribution in [0, 0.1) is 17.2 Å². The van der Waals surface area contributed by atoms with Gasteiger partial charge in [0.25, 0.3) is 5.91 Å². The van der Waals surface area contributed by atoms with Crippen LogP contribution in [0.15, 0.2) is 24.3 Å². The van der Waals surface area contributed by atoms with Gasteiger partial charge in [-0.3, -0.25) is 9.59 Å². The molecule has 0 bridgehead atoms. The molecule has 0 aliphatic heterocycles. The molecule has 0 fully saturated rings. The summed E-state index contributed by atoms with van der Waals surface area (Å²) in [5, 5.41) is 11.6. The van der Waals surface area contributed by atoms with Gasteiger partial charge in [0.1, 0.15) is 6.04 Å². The van der Waals surface area contributed by atoms with Crippen LogP contribution in [-0.2, 0) is 4.79 Å². The Kier molecular flexibility index (Phi) is 7.27. The molecule has 23 heavy (non-hydrogen) atoms. The maximum absolute atomic E-state index is 12.6. The van der Waals surface area contributed by atoms with Crippen molar-refractivity contribution in [2.45, 2.75) is 40.2 Å². The summed E-state index contributed by atoms with van der Waals surface area (Å²) < 4.78 is 0. The minimum absolute atomic E-state index is 0.0503. The van der Waals surface area contributed by atoms with Crippen LogP contribution in [0.3, 0.4) is 0 Å². The van der Waals surface area contributed by atoms with Gasteiger partial charge < -0.3 is 10.2 Å². The van der Waals surface area contributed by atoms with Gasteiger partial charge in [0.2, 0.25) is 5.91 Å². The van der Waals surface area contributed by atoms with Crippen molar-refractivity contribution in [3.8, 4) is 6.07 Å². The molecule has 1 aromatic rings. The number of nitrogens with one attached hydrogen (secondary N) is 1. The van der Waals surface area contributed by atoms with E-state index in [2.05, 4.69) is 5.32 Å². The van der Waals surface area contributed by atoms with Crippen molar-refractivity contribution in [1.82, 2.24) is 10.2 Å². The highest BCUT2D eigenvalue weighted by Gasteiger charge is 2.25. The molecule has 0 heterocycles. The molecule has 5 heteroatoms. The number of carbonyl (C=O) groups is 2. The van der Waals surface area contributed by atoms with E-state index in [0.29, 0.717) is 36.6 Å². The minimum atomic E-state index is -0.530. The summed E-state index contributed by atoms with van der Waals surface area (Å²) in [5.41, 5.74) is 0.949. The normalized spacial score (nSPS) is 11.7. The van der Waals surface area contributed by atoms with Crippen molar-refractivity contribution in [2.24, 2.45) is 5.92 Å². The van der Waals surface area contributed by atoms with Crippen LogP contribution in [0.5, 0.6) is 0 Å². The van der Waals surface area contributed by atoms with Crippen molar-refractivity contribution < 1.29 is 9.59 Å². The second kappa shape index (κ2) is 8.94. The molecule has 2 amide bonds. The first-order valence-corrected chi connectivity index (χ1v) is 8.02. The third-order valence-corrected chi connectivity index (χ3v) is 3.66. The summed E-state index contributed by atoms with van der Waals surface area (Å²) >= 11 is 0. The predicted molar refractivity (Wildman–Crippen MR) is 89.8 cm³/mol. The Morgan fingerprint density at radius 2 is 1.74 bits per heavy atom. The fourth-order valence-corrected chi connectivity index (χ4v) is 2.39. The Bertz CT molecular complexity index is 569. The van der Waals surface area contributed by atoms with Gasteiger partial charge in [-0.25, -0.2) is 0 Å².